The van der Waals surface area contributed by atoms with Gasteiger partial charge >= 0.3 is 5.69 Å². The molecular formula is C15H19N3O2. The number of para-hydroxylation sites is 1. The lowest BCUT2D eigenvalue weighted by molar-refractivity contribution is 0.741. The van der Waals surface area contributed by atoms with Gasteiger partial charge in [0, 0.05) is 12.7 Å². The number of benzene rings is 1. The normalized spacial score (nSPS) is 10.4. The minimum absolute atomic E-state index is 0.323. The molecule has 0 aliphatic heterocycles. The van der Waals surface area contributed by atoms with Gasteiger partial charge in [0.05, 0.1) is 5.69 Å². The van der Waals surface area contributed by atoms with Crippen molar-refractivity contribution >= 4 is 5.69 Å². The first kappa shape index (κ1) is 14.1. The first-order valence-electron chi connectivity index (χ1n) is 6.88. The Bertz CT molecular complexity index is 659. The van der Waals surface area contributed by atoms with Gasteiger partial charge in [0.25, 0.3) is 5.56 Å². The second-order valence-electron chi connectivity index (χ2n) is 4.62. The quantitative estimate of drug-likeness (QED) is 0.792. The number of aromatic amines is 1. The van der Waals surface area contributed by atoms with Crippen LogP contribution in [-0.2, 0) is 0 Å². The number of rotatable bonds is 6. The van der Waals surface area contributed by atoms with Gasteiger partial charge in [0.2, 0.25) is 0 Å². The number of unbranched alkanes of at least 4 members (excludes halogenated alkanes) is 2. The lowest BCUT2D eigenvalue weighted by atomic mass is 10.2. The molecule has 0 aliphatic rings. The summed E-state index contributed by atoms with van der Waals surface area (Å²) in [5.74, 6) is 0. The number of hydrogen-bond acceptors (Lipinski definition) is 3. The summed E-state index contributed by atoms with van der Waals surface area (Å²) in [4.78, 5) is 26.8. The topological polar surface area (TPSA) is 66.9 Å². The van der Waals surface area contributed by atoms with E-state index in [-0.39, 0.29) is 5.56 Å². The van der Waals surface area contributed by atoms with Gasteiger partial charge < -0.3 is 10.3 Å². The molecule has 0 amide bonds. The Morgan fingerprint density at radius 3 is 2.60 bits per heavy atom. The summed E-state index contributed by atoms with van der Waals surface area (Å²) < 4.78 is 1.14. The van der Waals surface area contributed by atoms with Crippen molar-refractivity contribution in [1.82, 2.24) is 9.55 Å². The van der Waals surface area contributed by atoms with Crippen molar-refractivity contribution in [3.8, 4) is 5.69 Å². The van der Waals surface area contributed by atoms with Crippen LogP contribution in [0.2, 0.25) is 0 Å². The number of nitrogens with one attached hydrogen (secondary N) is 2. The minimum Gasteiger partial charge on any atom is -0.379 e. The van der Waals surface area contributed by atoms with E-state index in [1.54, 1.807) is 24.3 Å². The van der Waals surface area contributed by atoms with Crippen LogP contribution in [0.1, 0.15) is 26.2 Å². The Labute approximate surface area is 117 Å². The van der Waals surface area contributed by atoms with E-state index < -0.39 is 5.69 Å². The van der Waals surface area contributed by atoms with Crippen LogP contribution in [0.5, 0.6) is 0 Å². The average molecular weight is 273 g/mol. The Balaban J connectivity index is 2.29. The van der Waals surface area contributed by atoms with Crippen LogP contribution in [0.4, 0.5) is 5.69 Å². The number of aromatic nitrogens is 2. The molecule has 1 aromatic heterocycles. The number of nitrogens with zero attached hydrogens (tertiary/aromatic N) is 1. The van der Waals surface area contributed by atoms with Crippen molar-refractivity contribution in [1.29, 1.82) is 0 Å². The molecule has 1 heterocycles. The summed E-state index contributed by atoms with van der Waals surface area (Å²) in [5.41, 5.74) is 0.234. The van der Waals surface area contributed by atoms with E-state index in [0.29, 0.717) is 11.4 Å². The highest BCUT2D eigenvalue weighted by atomic mass is 16.2. The molecule has 2 aromatic rings. The third kappa shape index (κ3) is 3.17. The van der Waals surface area contributed by atoms with E-state index in [0.717, 1.165) is 30.4 Å². The fourth-order valence-electron chi connectivity index (χ4n) is 2.01. The second-order valence-corrected chi connectivity index (χ2v) is 4.62. The fourth-order valence-corrected chi connectivity index (χ4v) is 2.01. The lowest BCUT2D eigenvalue weighted by Gasteiger charge is -2.08. The summed E-state index contributed by atoms with van der Waals surface area (Å²) in [6, 6.07) is 8.90. The third-order valence-corrected chi connectivity index (χ3v) is 3.09. The molecule has 2 rings (SSSR count). The van der Waals surface area contributed by atoms with Gasteiger partial charge in [-0.3, -0.25) is 4.79 Å². The maximum atomic E-state index is 12.3. The van der Waals surface area contributed by atoms with Gasteiger partial charge in [0.1, 0.15) is 5.69 Å². The number of anilines is 1. The largest absolute Gasteiger partial charge is 0.379 e. The SMILES string of the molecule is CCCCCNc1c[nH]c(=O)n(-c2ccccc2)c1=O. The molecule has 5 heteroatoms. The van der Waals surface area contributed by atoms with Crippen LogP contribution in [0, 0.1) is 0 Å². The standard InChI is InChI=1S/C15H19N3O2/c1-2-3-7-10-16-13-11-17-15(20)18(14(13)19)12-8-5-4-6-9-12/h4-6,8-9,11,16H,2-3,7,10H2,1H3,(H,17,20). The summed E-state index contributed by atoms with van der Waals surface area (Å²) in [6.45, 7) is 2.85. The molecule has 0 atom stereocenters. The first-order chi connectivity index (χ1) is 9.74. The zero-order chi connectivity index (χ0) is 14.4. The van der Waals surface area contributed by atoms with Crippen molar-refractivity contribution in [3.05, 3.63) is 57.4 Å². The zero-order valence-electron chi connectivity index (χ0n) is 11.6. The van der Waals surface area contributed by atoms with Gasteiger partial charge in [-0.1, -0.05) is 38.0 Å². The Hall–Kier alpha value is -2.30. The van der Waals surface area contributed by atoms with Crippen LogP contribution in [0.25, 0.3) is 5.69 Å². The van der Waals surface area contributed by atoms with E-state index in [2.05, 4.69) is 17.2 Å². The maximum absolute atomic E-state index is 12.3. The molecule has 0 spiro atoms. The van der Waals surface area contributed by atoms with Gasteiger partial charge in [-0.25, -0.2) is 9.36 Å². The van der Waals surface area contributed by atoms with Crippen LogP contribution >= 0.6 is 0 Å². The molecule has 0 saturated carbocycles. The highest BCUT2D eigenvalue weighted by Gasteiger charge is 2.08. The molecule has 20 heavy (non-hydrogen) atoms. The van der Waals surface area contributed by atoms with Gasteiger partial charge in [-0.05, 0) is 18.6 Å². The molecular weight excluding hydrogens is 254 g/mol. The van der Waals surface area contributed by atoms with E-state index in [9.17, 15) is 9.59 Å². The molecule has 2 N–H and O–H groups in total. The predicted octanol–water partition coefficient (Wildman–Crippen LogP) is 2.13. The van der Waals surface area contributed by atoms with Crippen molar-refractivity contribution in [2.24, 2.45) is 0 Å². The number of hydrogen-bond donors (Lipinski definition) is 2. The Kier molecular flexibility index (Phi) is 4.76. The number of H-pyrrole nitrogens is 1. The van der Waals surface area contributed by atoms with E-state index in [1.165, 1.54) is 6.20 Å². The first-order valence-corrected chi connectivity index (χ1v) is 6.88. The summed E-state index contributed by atoms with van der Waals surface area (Å²) in [7, 11) is 0. The second kappa shape index (κ2) is 6.75. The van der Waals surface area contributed by atoms with Crippen molar-refractivity contribution < 1.29 is 0 Å². The molecule has 5 nitrogen and oxygen atoms in total. The van der Waals surface area contributed by atoms with Gasteiger partial charge in [-0.2, -0.15) is 0 Å². The summed E-state index contributed by atoms with van der Waals surface area (Å²) in [5, 5.41) is 3.08. The van der Waals surface area contributed by atoms with Crippen LogP contribution in [0.3, 0.4) is 0 Å². The molecule has 0 aliphatic carbocycles. The Morgan fingerprint density at radius 2 is 1.90 bits per heavy atom. The van der Waals surface area contributed by atoms with E-state index >= 15 is 0 Å². The zero-order valence-corrected chi connectivity index (χ0v) is 11.6. The van der Waals surface area contributed by atoms with Gasteiger partial charge in [-0.15, -0.1) is 0 Å². The lowest BCUT2D eigenvalue weighted by Crippen LogP contribution is -2.34. The molecule has 0 fully saturated rings. The highest BCUT2D eigenvalue weighted by Crippen LogP contribution is 2.03. The molecule has 0 bridgehead atoms. The monoisotopic (exact) mass is 273 g/mol. The van der Waals surface area contributed by atoms with Crippen molar-refractivity contribution in [2.75, 3.05) is 11.9 Å². The third-order valence-electron chi connectivity index (χ3n) is 3.09. The van der Waals surface area contributed by atoms with Crippen molar-refractivity contribution in [2.45, 2.75) is 26.2 Å². The molecule has 1 aromatic carbocycles. The van der Waals surface area contributed by atoms with Gasteiger partial charge in [0.15, 0.2) is 0 Å². The van der Waals surface area contributed by atoms with E-state index in [4.69, 9.17) is 0 Å². The molecule has 0 radical (unpaired) electrons. The van der Waals surface area contributed by atoms with Crippen LogP contribution in [0.15, 0.2) is 46.1 Å². The minimum atomic E-state index is -0.430. The molecule has 0 saturated heterocycles. The maximum Gasteiger partial charge on any atom is 0.333 e. The summed E-state index contributed by atoms with van der Waals surface area (Å²) >= 11 is 0. The smallest absolute Gasteiger partial charge is 0.333 e. The highest BCUT2D eigenvalue weighted by molar-refractivity contribution is 5.41. The molecule has 0 unspecified atom stereocenters. The average Bonchev–Trinajstić information content (AvgIpc) is 2.47. The van der Waals surface area contributed by atoms with Crippen LogP contribution in [-0.4, -0.2) is 16.1 Å². The van der Waals surface area contributed by atoms with E-state index in [1.807, 2.05) is 6.07 Å². The van der Waals surface area contributed by atoms with Crippen LogP contribution < -0.4 is 16.6 Å². The molecule has 106 valence electrons. The predicted molar refractivity (Wildman–Crippen MR) is 80.7 cm³/mol. The summed E-state index contributed by atoms with van der Waals surface area (Å²) in [6.07, 6.45) is 4.68. The van der Waals surface area contributed by atoms with Crippen molar-refractivity contribution in [3.63, 3.8) is 0 Å². The Morgan fingerprint density at radius 1 is 1.15 bits per heavy atom. The fraction of sp³-hybridized carbons (Fsp3) is 0.333.